The van der Waals surface area contributed by atoms with Crippen LogP contribution in [0.5, 0.6) is 5.75 Å². The molecule has 0 unspecified atom stereocenters. The molecular formula is C20H14BrNO3. The van der Waals surface area contributed by atoms with Crippen molar-refractivity contribution in [2.75, 3.05) is 6.61 Å². The van der Waals surface area contributed by atoms with Crippen molar-refractivity contribution < 1.29 is 14.3 Å². The first-order chi connectivity index (χ1) is 12.2. The highest BCUT2D eigenvalue weighted by molar-refractivity contribution is 9.10. The van der Waals surface area contributed by atoms with Crippen molar-refractivity contribution in [2.45, 2.75) is 6.61 Å². The second kappa shape index (κ2) is 7.82. The Bertz CT molecular complexity index is 963. The van der Waals surface area contributed by atoms with Crippen LogP contribution in [-0.4, -0.2) is 12.6 Å². The number of carbonyl (C=O) groups excluding carboxylic acids is 1. The molecule has 0 aliphatic carbocycles. The lowest BCUT2D eigenvalue weighted by molar-refractivity contribution is -0.147. The second-order valence-electron chi connectivity index (χ2n) is 5.32. The van der Waals surface area contributed by atoms with E-state index in [4.69, 9.17) is 14.7 Å². The van der Waals surface area contributed by atoms with Crippen molar-refractivity contribution in [3.05, 3.63) is 76.3 Å². The van der Waals surface area contributed by atoms with E-state index in [1.165, 1.54) is 0 Å². The third kappa shape index (κ3) is 3.98. The van der Waals surface area contributed by atoms with E-state index in [0.29, 0.717) is 16.9 Å². The first kappa shape index (κ1) is 17.0. The predicted molar refractivity (Wildman–Crippen MR) is 98.1 cm³/mol. The molecule has 0 saturated heterocycles. The summed E-state index contributed by atoms with van der Waals surface area (Å²) >= 11 is 3.51. The summed E-state index contributed by atoms with van der Waals surface area (Å²) in [6.45, 7) is -0.156. The Balaban J connectivity index is 1.61. The van der Waals surface area contributed by atoms with E-state index < -0.39 is 5.97 Å². The van der Waals surface area contributed by atoms with Gasteiger partial charge in [-0.3, -0.25) is 0 Å². The Morgan fingerprint density at radius 3 is 2.64 bits per heavy atom. The molecule has 0 aromatic heterocycles. The molecule has 0 N–H and O–H groups in total. The van der Waals surface area contributed by atoms with Crippen LogP contribution in [0.25, 0.3) is 10.8 Å². The van der Waals surface area contributed by atoms with Gasteiger partial charge in [-0.2, -0.15) is 5.26 Å². The molecule has 0 radical (unpaired) electrons. The van der Waals surface area contributed by atoms with E-state index in [2.05, 4.69) is 22.0 Å². The Morgan fingerprint density at radius 1 is 1.04 bits per heavy atom. The zero-order valence-corrected chi connectivity index (χ0v) is 14.8. The Labute approximate surface area is 153 Å². The van der Waals surface area contributed by atoms with E-state index in [1.807, 2.05) is 36.4 Å². The first-order valence-corrected chi connectivity index (χ1v) is 8.42. The van der Waals surface area contributed by atoms with Crippen LogP contribution in [0.1, 0.15) is 11.1 Å². The maximum Gasteiger partial charge on any atom is 0.344 e. The third-order valence-corrected chi connectivity index (χ3v) is 4.52. The van der Waals surface area contributed by atoms with Crippen molar-refractivity contribution >= 4 is 32.7 Å². The number of fused-ring (bicyclic) bond motifs is 1. The number of nitrogens with zero attached hydrogens (tertiary/aromatic N) is 1. The topological polar surface area (TPSA) is 59.3 Å². The molecule has 0 heterocycles. The van der Waals surface area contributed by atoms with Gasteiger partial charge in [0.1, 0.15) is 12.4 Å². The van der Waals surface area contributed by atoms with Crippen molar-refractivity contribution in [2.24, 2.45) is 0 Å². The van der Waals surface area contributed by atoms with Crippen LogP contribution in [0, 0.1) is 11.3 Å². The number of hydrogen-bond acceptors (Lipinski definition) is 4. The molecule has 25 heavy (non-hydrogen) atoms. The van der Waals surface area contributed by atoms with Gasteiger partial charge in [0.05, 0.1) is 16.1 Å². The van der Waals surface area contributed by atoms with Gasteiger partial charge in [-0.25, -0.2) is 4.79 Å². The average molecular weight is 396 g/mol. The summed E-state index contributed by atoms with van der Waals surface area (Å²) in [7, 11) is 0. The quantitative estimate of drug-likeness (QED) is 0.592. The third-order valence-electron chi connectivity index (χ3n) is 3.70. The van der Waals surface area contributed by atoms with E-state index in [0.717, 1.165) is 15.2 Å². The van der Waals surface area contributed by atoms with Crippen molar-refractivity contribution in [1.82, 2.24) is 0 Å². The van der Waals surface area contributed by atoms with Crippen LogP contribution in [0.2, 0.25) is 0 Å². The SMILES string of the molecule is N#Cc1ccccc1COC(=O)COc1ccc2ccccc2c1Br. The molecule has 3 rings (SSSR count). The molecule has 0 aliphatic rings. The number of halogens is 1. The fourth-order valence-electron chi connectivity index (χ4n) is 2.42. The maximum absolute atomic E-state index is 11.9. The van der Waals surface area contributed by atoms with Gasteiger partial charge < -0.3 is 9.47 Å². The molecule has 4 nitrogen and oxygen atoms in total. The molecule has 0 bridgehead atoms. The Morgan fingerprint density at radius 2 is 1.80 bits per heavy atom. The molecule has 3 aromatic rings. The number of carbonyl (C=O) groups is 1. The molecule has 3 aromatic carbocycles. The molecule has 0 saturated carbocycles. The molecule has 0 atom stereocenters. The minimum atomic E-state index is -0.493. The summed E-state index contributed by atoms with van der Waals surface area (Å²) < 4.78 is 11.6. The van der Waals surface area contributed by atoms with E-state index in [9.17, 15) is 4.79 Å². The minimum absolute atomic E-state index is 0.0464. The number of rotatable bonds is 5. The van der Waals surface area contributed by atoms with Crippen LogP contribution >= 0.6 is 15.9 Å². The van der Waals surface area contributed by atoms with Gasteiger partial charge in [0, 0.05) is 5.56 Å². The molecule has 124 valence electrons. The molecule has 0 amide bonds. The summed E-state index contributed by atoms with van der Waals surface area (Å²) in [6, 6.07) is 20.7. The highest BCUT2D eigenvalue weighted by Crippen LogP contribution is 2.32. The smallest absolute Gasteiger partial charge is 0.344 e. The zero-order valence-electron chi connectivity index (χ0n) is 13.2. The molecule has 0 aliphatic heterocycles. The minimum Gasteiger partial charge on any atom is -0.481 e. The van der Waals surface area contributed by atoms with Crippen LogP contribution < -0.4 is 4.74 Å². The Kier molecular flexibility index (Phi) is 5.32. The van der Waals surface area contributed by atoms with Gasteiger partial charge >= 0.3 is 5.97 Å². The highest BCUT2D eigenvalue weighted by atomic mass is 79.9. The van der Waals surface area contributed by atoms with Gasteiger partial charge in [-0.15, -0.1) is 0 Å². The van der Waals surface area contributed by atoms with E-state index in [1.54, 1.807) is 24.3 Å². The van der Waals surface area contributed by atoms with Gasteiger partial charge in [0.15, 0.2) is 6.61 Å². The van der Waals surface area contributed by atoms with Gasteiger partial charge in [-0.1, -0.05) is 48.5 Å². The summed E-state index contributed by atoms with van der Waals surface area (Å²) in [5.41, 5.74) is 1.17. The maximum atomic E-state index is 11.9. The summed E-state index contributed by atoms with van der Waals surface area (Å²) in [5.74, 6) is 0.0841. The number of esters is 1. The lowest BCUT2D eigenvalue weighted by atomic mass is 10.1. The molecule has 5 heteroatoms. The van der Waals surface area contributed by atoms with Crippen LogP contribution in [0.4, 0.5) is 0 Å². The highest BCUT2D eigenvalue weighted by Gasteiger charge is 2.10. The summed E-state index contributed by atoms with van der Waals surface area (Å²) in [4.78, 5) is 11.9. The first-order valence-electron chi connectivity index (χ1n) is 7.62. The van der Waals surface area contributed by atoms with Crippen molar-refractivity contribution in [3.63, 3.8) is 0 Å². The summed E-state index contributed by atoms with van der Waals surface area (Å²) in [6.07, 6.45) is 0. The van der Waals surface area contributed by atoms with Crippen LogP contribution in [0.15, 0.2) is 65.1 Å². The number of hydrogen-bond donors (Lipinski definition) is 0. The van der Waals surface area contributed by atoms with Gasteiger partial charge in [0.25, 0.3) is 0 Å². The van der Waals surface area contributed by atoms with E-state index >= 15 is 0 Å². The van der Waals surface area contributed by atoms with Crippen LogP contribution in [0.3, 0.4) is 0 Å². The number of ether oxygens (including phenoxy) is 2. The van der Waals surface area contributed by atoms with Crippen molar-refractivity contribution in [3.8, 4) is 11.8 Å². The predicted octanol–water partition coefficient (Wildman–Crippen LogP) is 4.60. The lowest BCUT2D eigenvalue weighted by Gasteiger charge is -2.10. The van der Waals surface area contributed by atoms with Gasteiger partial charge in [-0.05, 0) is 38.8 Å². The van der Waals surface area contributed by atoms with Gasteiger partial charge in [0.2, 0.25) is 0 Å². The van der Waals surface area contributed by atoms with E-state index in [-0.39, 0.29) is 13.2 Å². The fourth-order valence-corrected chi connectivity index (χ4v) is 3.02. The average Bonchev–Trinajstić information content (AvgIpc) is 2.66. The largest absolute Gasteiger partial charge is 0.481 e. The standard InChI is InChI=1S/C20H14BrNO3/c21-20-17-8-4-3-5-14(17)9-10-18(20)24-13-19(23)25-12-16-7-2-1-6-15(16)11-22/h1-10H,12-13H2. The lowest BCUT2D eigenvalue weighted by Crippen LogP contribution is -2.15. The summed E-state index contributed by atoms with van der Waals surface area (Å²) in [5, 5.41) is 11.1. The molecule has 0 fully saturated rings. The molecule has 0 spiro atoms. The molecular weight excluding hydrogens is 382 g/mol. The Hall–Kier alpha value is -2.84. The zero-order chi connectivity index (χ0) is 17.6. The second-order valence-corrected chi connectivity index (χ2v) is 6.11. The monoisotopic (exact) mass is 395 g/mol. The fraction of sp³-hybridized carbons (Fsp3) is 0.100. The van der Waals surface area contributed by atoms with Crippen molar-refractivity contribution in [1.29, 1.82) is 5.26 Å². The number of nitriles is 1. The number of benzene rings is 3. The van der Waals surface area contributed by atoms with Crippen LogP contribution in [-0.2, 0) is 16.1 Å². The normalized spacial score (nSPS) is 10.2.